The van der Waals surface area contributed by atoms with Gasteiger partial charge in [0.05, 0.1) is 55.5 Å². The fourth-order valence-corrected chi connectivity index (χ4v) is 6.84. The molecule has 2 N–H and O–H groups in total. The number of carbonyl (C=O) groups is 1. The predicted molar refractivity (Wildman–Crippen MR) is 200 cm³/mol. The lowest BCUT2D eigenvalue weighted by Gasteiger charge is -2.31. The lowest BCUT2D eigenvalue weighted by molar-refractivity contribution is -0.116. The van der Waals surface area contributed by atoms with Gasteiger partial charge in [0.25, 0.3) is 0 Å². The Hall–Kier alpha value is -4.18. The zero-order valence-corrected chi connectivity index (χ0v) is 32.6. The number of fused-ring (bicyclic) bond motifs is 1. The van der Waals surface area contributed by atoms with E-state index in [4.69, 9.17) is 27.8 Å². The number of methoxy groups -OCH3 is 2. The summed E-state index contributed by atoms with van der Waals surface area (Å²) in [5.41, 5.74) is 0.136. The van der Waals surface area contributed by atoms with Crippen LogP contribution in [0.25, 0.3) is 10.9 Å². The Morgan fingerprint density at radius 1 is 0.925 bits per heavy atom. The number of rotatable bonds is 20. The van der Waals surface area contributed by atoms with Crippen molar-refractivity contribution in [2.24, 2.45) is 0 Å². The smallest absolute Gasteiger partial charge is 0.475 e. The predicted octanol–water partition coefficient (Wildman–Crippen LogP) is 6.83. The van der Waals surface area contributed by atoms with Crippen LogP contribution in [0.2, 0.25) is 0 Å². The van der Waals surface area contributed by atoms with Crippen molar-refractivity contribution < 1.29 is 41.5 Å². The summed E-state index contributed by atoms with van der Waals surface area (Å²) in [5.74, 6) is 0.729. The van der Waals surface area contributed by atoms with Crippen molar-refractivity contribution in [2.45, 2.75) is 65.7 Å². The van der Waals surface area contributed by atoms with Crippen LogP contribution in [-0.4, -0.2) is 95.4 Å². The second-order valence-corrected chi connectivity index (χ2v) is 15.6. The molecule has 0 aliphatic carbocycles. The molecule has 0 unspecified atom stereocenters. The van der Waals surface area contributed by atoms with Gasteiger partial charge in [0, 0.05) is 50.1 Å². The Bertz CT molecular complexity index is 1830. The van der Waals surface area contributed by atoms with Crippen molar-refractivity contribution in [3.63, 3.8) is 0 Å². The Labute approximate surface area is 310 Å². The topological polar surface area (TPSA) is 160 Å². The van der Waals surface area contributed by atoms with E-state index >= 15 is 0 Å². The minimum absolute atomic E-state index is 0.0734. The molecule has 0 bridgehead atoms. The lowest BCUT2D eigenvalue weighted by Crippen LogP contribution is -2.33. The van der Waals surface area contributed by atoms with E-state index in [1.165, 1.54) is 29.2 Å². The van der Waals surface area contributed by atoms with Crippen molar-refractivity contribution in [3.05, 3.63) is 60.9 Å². The number of hydrogen-bond donors (Lipinski definition) is 2. The van der Waals surface area contributed by atoms with Gasteiger partial charge in [-0.2, -0.15) is 5.10 Å². The van der Waals surface area contributed by atoms with Crippen molar-refractivity contribution in [1.29, 1.82) is 0 Å². The first-order chi connectivity index (χ1) is 25.0. The average Bonchev–Trinajstić information content (AvgIpc) is 3.49. The third-order valence-corrected chi connectivity index (χ3v) is 9.19. The highest BCUT2D eigenvalue weighted by atomic mass is 31.2. The van der Waals surface area contributed by atoms with Crippen LogP contribution in [0.15, 0.2) is 55.1 Å². The van der Waals surface area contributed by atoms with Gasteiger partial charge in [0.15, 0.2) is 11.5 Å². The summed E-state index contributed by atoms with van der Waals surface area (Å²) < 4.78 is 62.7. The van der Waals surface area contributed by atoms with E-state index in [1.807, 2.05) is 0 Å². The second-order valence-electron chi connectivity index (χ2n) is 14.1. The van der Waals surface area contributed by atoms with Crippen LogP contribution in [0.4, 0.5) is 21.6 Å². The first-order valence-electron chi connectivity index (χ1n) is 17.2. The lowest BCUT2D eigenvalue weighted by atomic mass is 10.2. The van der Waals surface area contributed by atoms with E-state index < -0.39 is 24.8 Å². The number of aromatic nitrogens is 4. The van der Waals surface area contributed by atoms with E-state index in [1.54, 1.807) is 86.4 Å². The maximum Gasteiger partial charge on any atom is 0.475 e. The molecule has 2 aromatic heterocycles. The van der Waals surface area contributed by atoms with Crippen LogP contribution in [0, 0.1) is 5.82 Å². The van der Waals surface area contributed by atoms with Crippen LogP contribution in [-0.2, 0) is 34.2 Å². The van der Waals surface area contributed by atoms with E-state index in [-0.39, 0.29) is 19.1 Å². The van der Waals surface area contributed by atoms with Gasteiger partial charge in [-0.3, -0.25) is 27.9 Å². The minimum atomic E-state index is -3.83. The van der Waals surface area contributed by atoms with Crippen LogP contribution in [0.1, 0.15) is 48.0 Å². The van der Waals surface area contributed by atoms with E-state index in [0.717, 1.165) is 0 Å². The maximum absolute atomic E-state index is 13.5. The Morgan fingerprint density at radius 2 is 1.66 bits per heavy atom. The Balaban J connectivity index is 1.34. The molecular weight excluding hydrogens is 708 g/mol. The minimum Gasteiger partial charge on any atom is -0.493 e. The SMILES string of the molecule is COCCN(CCCOc1cc2ncnc(Nc3cnn(CC(=O)Nc4cccc(F)c4)c3)c2cc1OC)CCOP(=O)(OC(C)(C)C)OC(C)(C)C. The van der Waals surface area contributed by atoms with Gasteiger partial charge in [-0.15, -0.1) is 0 Å². The molecular formula is C36H51FN7O8P. The summed E-state index contributed by atoms with van der Waals surface area (Å²) in [6, 6.07) is 9.26. The summed E-state index contributed by atoms with van der Waals surface area (Å²) in [5, 5.41) is 10.8. The number of nitrogens with zero attached hydrogens (tertiary/aromatic N) is 5. The van der Waals surface area contributed by atoms with Crippen LogP contribution in [0.5, 0.6) is 11.5 Å². The average molecular weight is 760 g/mol. The zero-order valence-electron chi connectivity index (χ0n) is 31.7. The molecule has 1 amide bonds. The molecule has 4 rings (SSSR count). The molecule has 15 nitrogen and oxygen atoms in total. The highest BCUT2D eigenvalue weighted by Gasteiger charge is 2.37. The fraction of sp³-hybridized carbons (Fsp3) is 0.500. The van der Waals surface area contributed by atoms with Gasteiger partial charge in [-0.25, -0.2) is 18.9 Å². The first kappa shape index (κ1) is 41.6. The van der Waals surface area contributed by atoms with Crippen molar-refractivity contribution in [1.82, 2.24) is 24.6 Å². The summed E-state index contributed by atoms with van der Waals surface area (Å²) in [6.45, 7) is 13.5. The molecule has 0 aliphatic heterocycles. The summed E-state index contributed by atoms with van der Waals surface area (Å²) >= 11 is 0. The standard InChI is InChI=1S/C36H51FN7O8P/c1-35(2,3)51-53(46,52-36(4,5)6)50-18-15-43(14-17-47-7)13-10-16-49-32-21-30-29(20-31(32)48-8)34(39-25-38-30)42-28-22-40-44(23-28)24-33(45)41-27-12-9-11-26(37)19-27/h9,11-12,19-23,25H,10,13-18,24H2,1-8H3,(H,41,45)(H,38,39,42). The van der Waals surface area contributed by atoms with Crippen LogP contribution >= 0.6 is 7.82 Å². The summed E-state index contributed by atoms with van der Waals surface area (Å²) in [7, 11) is -0.627. The van der Waals surface area contributed by atoms with Gasteiger partial charge in [-0.1, -0.05) is 6.07 Å². The van der Waals surface area contributed by atoms with E-state index in [0.29, 0.717) is 78.9 Å². The largest absolute Gasteiger partial charge is 0.493 e. The Morgan fingerprint density at radius 3 is 2.34 bits per heavy atom. The molecule has 0 saturated carbocycles. The number of halogens is 1. The molecule has 4 aromatic rings. The van der Waals surface area contributed by atoms with E-state index in [9.17, 15) is 13.8 Å². The molecule has 0 saturated heterocycles. The van der Waals surface area contributed by atoms with Gasteiger partial charge >= 0.3 is 7.82 Å². The molecule has 0 atom stereocenters. The highest BCUT2D eigenvalue weighted by molar-refractivity contribution is 7.48. The quantitative estimate of drug-likeness (QED) is 0.0714. The number of phosphoric ester groups is 1. The van der Waals surface area contributed by atoms with E-state index in [2.05, 4.69) is 30.6 Å². The molecule has 0 aliphatic rings. The number of amides is 1. The normalized spacial score (nSPS) is 12.3. The molecule has 17 heteroatoms. The molecule has 0 spiro atoms. The Kier molecular flexibility index (Phi) is 14.7. The summed E-state index contributed by atoms with van der Waals surface area (Å²) in [6.07, 6.45) is 5.33. The number of hydrogen-bond acceptors (Lipinski definition) is 13. The molecule has 2 aromatic carbocycles. The van der Waals surface area contributed by atoms with Crippen molar-refractivity contribution in [2.75, 3.05) is 64.3 Å². The van der Waals surface area contributed by atoms with Gasteiger partial charge in [-0.05, 0) is 72.2 Å². The molecule has 53 heavy (non-hydrogen) atoms. The molecule has 0 radical (unpaired) electrons. The number of phosphoric acid groups is 1. The maximum atomic E-state index is 13.5. The third kappa shape index (κ3) is 14.0. The first-order valence-corrected chi connectivity index (χ1v) is 18.7. The van der Waals surface area contributed by atoms with Crippen LogP contribution < -0.4 is 20.1 Å². The van der Waals surface area contributed by atoms with Crippen molar-refractivity contribution >= 4 is 41.8 Å². The summed E-state index contributed by atoms with van der Waals surface area (Å²) in [4.78, 5) is 23.4. The second kappa shape index (κ2) is 18.7. The monoisotopic (exact) mass is 759 g/mol. The zero-order chi connectivity index (χ0) is 38.6. The highest BCUT2D eigenvalue weighted by Crippen LogP contribution is 2.55. The third-order valence-electron chi connectivity index (χ3n) is 7.15. The molecule has 2 heterocycles. The van der Waals surface area contributed by atoms with Gasteiger partial charge in [0.2, 0.25) is 5.91 Å². The van der Waals surface area contributed by atoms with Crippen molar-refractivity contribution in [3.8, 4) is 11.5 Å². The van der Waals surface area contributed by atoms with Gasteiger partial charge < -0.3 is 24.8 Å². The molecule has 290 valence electrons. The number of ether oxygens (including phenoxy) is 3. The number of benzene rings is 2. The van der Waals surface area contributed by atoms with Crippen LogP contribution in [0.3, 0.4) is 0 Å². The number of carbonyl (C=O) groups excluding carboxylic acids is 1. The number of nitrogens with one attached hydrogen (secondary N) is 2. The van der Waals surface area contributed by atoms with Gasteiger partial charge in [0.1, 0.15) is 24.5 Å². The fourth-order valence-electron chi connectivity index (χ4n) is 5.05. The number of anilines is 3. The molecule has 0 fully saturated rings.